The van der Waals surface area contributed by atoms with Gasteiger partial charge in [0.15, 0.2) is 5.56 Å². The van der Waals surface area contributed by atoms with E-state index in [-0.39, 0.29) is 24.4 Å². The van der Waals surface area contributed by atoms with E-state index in [1.54, 1.807) is 0 Å². The Morgan fingerprint density at radius 2 is 1.00 bits per heavy atom. The summed E-state index contributed by atoms with van der Waals surface area (Å²) in [5.41, 5.74) is -0.562. The molecule has 6 heteroatoms. The predicted molar refractivity (Wildman–Crippen MR) is 133 cm³/mol. The van der Waals surface area contributed by atoms with E-state index >= 15 is 0 Å². The Morgan fingerprint density at radius 1 is 0.562 bits per heavy atom. The van der Waals surface area contributed by atoms with Crippen molar-refractivity contribution in [2.24, 2.45) is 0 Å². The molecule has 32 heavy (non-hydrogen) atoms. The highest BCUT2D eigenvalue weighted by Gasteiger charge is 2.47. The molecule has 0 radical (unpaired) electrons. The van der Waals surface area contributed by atoms with Gasteiger partial charge in [-0.1, -0.05) is 90.7 Å². The van der Waals surface area contributed by atoms with Gasteiger partial charge in [-0.25, -0.2) is 0 Å². The van der Waals surface area contributed by atoms with E-state index in [1.165, 1.54) is 19.3 Å². The van der Waals surface area contributed by atoms with Crippen LogP contribution in [0.3, 0.4) is 0 Å². The quantitative estimate of drug-likeness (QED) is 0.133. The lowest BCUT2D eigenvalue weighted by atomic mass is 9.99. The van der Waals surface area contributed by atoms with Crippen LogP contribution in [0.4, 0.5) is 0 Å². The largest absolute Gasteiger partial charge is 0.379 e. The first kappa shape index (κ1) is 30.1. The van der Waals surface area contributed by atoms with E-state index in [0.717, 1.165) is 64.4 Å². The van der Waals surface area contributed by atoms with Crippen molar-refractivity contribution < 1.29 is 23.7 Å². The number of ether oxygens (including phenoxy) is 5. The third kappa shape index (κ3) is 12.5. The molecule has 0 aromatic carbocycles. The highest BCUT2D eigenvalue weighted by molar-refractivity contribution is 6.20. The number of hydrogen-bond donors (Lipinski definition) is 0. The Bertz CT molecular complexity index is 412. The summed E-state index contributed by atoms with van der Waals surface area (Å²) in [5, 5.41) is 0. The second-order valence-electron chi connectivity index (χ2n) is 8.94. The third-order valence-electron chi connectivity index (χ3n) is 5.93. The molecule has 1 fully saturated rings. The van der Waals surface area contributed by atoms with Crippen molar-refractivity contribution in [1.29, 1.82) is 0 Å². The van der Waals surface area contributed by atoms with Crippen LogP contribution in [0, 0.1) is 0 Å². The van der Waals surface area contributed by atoms with E-state index in [0.29, 0.717) is 26.4 Å². The first-order chi connectivity index (χ1) is 15.7. The molecule has 0 amide bonds. The molecule has 1 saturated heterocycles. The zero-order chi connectivity index (χ0) is 23.4. The van der Waals surface area contributed by atoms with Crippen molar-refractivity contribution in [2.45, 2.75) is 135 Å². The number of halogens is 1. The van der Waals surface area contributed by atoms with Gasteiger partial charge in [0.25, 0.3) is 0 Å². The molecule has 0 N–H and O–H groups in total. The summed E-state index contributed by atoms with van der Waals surface area (Å²) in [6.07, 6.45) is 12.4. The molecule has 1 aliphatic rings. The van der Waals surface area contributed by atoms with E-state index in [9.17, 15) is 0 Å². The van der Waals surface area contributed by atoms with E-state index in [1.807, 2.05) is 0 Å². The van der Waals surface area contributed by atoms with Crippen LogP contribution >= 0.6 is 11.6 Å². The maximum Gasteiger partial charge on any atom is 0.160 e. The van der Waals surface area contributed by atoms with Crippen LogP contribution in [0.25, 0.3) is 0 Å². The Labute approximate surface area is 203 Å². The minimum atomic E-state index is -0.562. The molecule has 0 aromatic rings. The third-order valence-corrected chi connectivity index (χ3v) is 6.28. The summed E-state index contributed by atoms with van der Waals surface area (Å²) in [7, 11) is 0. The van der Waals surface area contributed by atoms with E-state index < -0.39 is 5.56 Å². The van der Waals surface area contributed by atoms with Crippen LogP contribution in [-0.4, -0.2) is 63.0 Å². The van der Waals surface area contributed by atoms with Crippen molar-refractivity contribution >= 4 is 11.6 Å². The maximum absolute atomic E-state index is 6.70. The summed E-state index contributed by atoms with van der Waals surface area (Å²) in [6, 6.07) is 0. The molecular weight excluding hydrogens is 428 g/mol. The minimum Gasteiger partial charge on any atom is -0.379 e. The SMILES string of the molecule is CCCCCOC[C@H]1O[C@H](Cl)[C@H](OCCCCC)[C@@H](OCCCCC)[C@@H]1OCCCCC. The second-order valence-corrected chi connectivity index (χ2v) is 9.37. The van der Waals surface area contributed by atoms with Crippen molar-refractivity contribution in [2.75, 3.05) is 33.0 Å². The molecule has 0 aromatic heterocycles. The van der Waals surface area contributed by atoms with Gasteiger partial charge in [-0.15, -0.1) is 0 Å². The van der Waals surface area contributed by atoms with Gasteiger partial charge in [-0.3, -0.25) is 0 Å². The summed E-state index contributed by atoms with van der Waals surface area (Å²) in [4.78, 5) is 0. The van der Waals surface area contributed by atoms with Gasteiger partial charge in [0.1, 0.15) is 24.4 Å². The number of alkyl halides is 1. The fourth-order valence-electron chi connectivity index (χ4n) is 3.93. The van der Waals surface area contributed by atoms with Crippen molar-refractivity contribution in [1.82, 2.24) is 0 Å². The lowest BCUT2D eigenvalue weighted by molar-refractivity contribution is -0.249. The van der Waals surface area contributed by atoms with Gasteiger partial charge in [-0.2, -0.15) is 0 Å². The molecule has 0 unspecified atom stereocenters. The zero-order valence-corrected chi connectivity index (χ0v) is 22.1. The van der Waals surface area contributed by atoms with Crippen LogP contribution in [0.1, 0.15) is 105 Å². The average Bonchev–Trinajstić information content (AvgIpc) is 2.79. The number of rotatable bonds is 21. The Morgan fingerprint density at radius 3 is 1.50 bits per heavy atom. The van der Waals surface area contributed by atoms with Crippen LogP contribution < -0.4 is 0 Å². The lowest BCUT2D eigenvalue weighted by Crippen LogP contribution is -2.60. The summed E-state index contributed by atoms with van der Waals surface area (Å²) in [6.45, 7) is 12.1. The molecule has 1 heterocycles. The zero-order valence-electron chi connectivity index (χ0n) is 21.3. The van der Waals surface area contributed by atoms with Gasteiger partial charge in [-0.05, 0) is 25.7 Å². The van der Waals surface area contributed by atoms with Gasteiger partial charge in [0.05, 0.1) is 6.61 Å². The molecular formula is C26H51ClO5. The highest BCUT2D eigenvalue weighted by atomic mass is 35.5. The van der Waals surface area contributed by atoms with Gasteiger partial charge >= 0.3 is 0 Å². The normalized spacial score (nSPS) is 26.0. The second kappa shape index (κ2) is 20.5. The predicted octanol–water partition coefficient (Wildman–Crippen LogP) is 6.88. The summed E-state index contributed by atoms with van der Waals surface area (Å²) < 4.78 is 31.2. The Balaban J connectivity index is 2.83. The Kier molecular flexibility index (Phi) is 19.3. The van der Waals surface area contributed by atoms with Crippen molar-refractivity contribution in [3.05, 3.63) is 0 Å². The van der Waals surface area contributed by atoms with Gasteiger partial charge < -0.3 is 23.7 Å². The molecule has 0 spiro atoms. The van der Waals surface area contributed by atoms with E-state index in [2.05, 4.69) is 27.7 Å². The molecule has 192 valence electrons. The van der Waals surface area contributed by atoms with Gasteiger partial charge in [0, 0.05) is 26.4 Å². The van der Waals surface area contributed by atoms with Gasteiger partial charge in [0.2, 0.25) is 0 Å². The van der Waals surface area contributed by atoms with Crippen LogP contribution in [0.2, 0.25) is 0 Å². The molecule has 5 nitrogen and oxygen atoms in total. The molecule has 1 rings (SSSR count). The van der Waals surface area contributed by atoms with E-state index in [4.69, 9.17) is 35.3 Å². The molecule has 0 aliphatic carbocycles. The lowest BCUT2D eigenvalue weighted by Gasteiger charge is -2.44. The summed E-state index contributed by atoms with van der Waals surface area (Å²) in [5.74, 6) is 0. The smallest absolute Gasteiger partial charge is 0.160 e. The fourth-order valence-corrected chi connectivity index (χ4v) is 4.28. The monoisotopic (exact) mass is 478 g/mol. The number of unbranched alkanes of at least 4 members (excludes halogenated alkanes) is 8. The average molecular weight is 479 g/mol. The van der Waals surface area contributed by atoms with Crippen LogP contribution in [-0.2, 0) is 23.7 Å². The summed E-state index contributed by atoms with van der Waals surface area (Å²) >= 11 is 6.70. The standard InChI is InChI=1S/C26H51ClO5/c1-5-9-13-17-28-21-22-23(29-18-14-10-6-2)24(30-19-15-11-7-3)25(26(27)32-22)31-20-16-12-8-4/h22-26H,5-21H2,1-4H3/t22-,23-,24+,25-,26+/m1/s1. The van der Waals surface area contributed by atoms with Crippen LogP contribution in [0.5, 0.6) is 0 Å². The first-order valence-corrected chi connectivity index (χ1v) is 13.8. The minimum absolute atomic E-state index is 0.231. The number of hydrogen-bond acceptors (Lipinski definition) is 5. The van der Waals surface area contributed by atoms with Crippen molar-refractivity contribution in [3.63, 3.8) is 0 Å². The first-order valence-electron chi connectivity index (χ1n) is 13.4. The Hall–Kier alpha value is 0.0900. The topological polar surface area (TPSA) is 46.2 Å². The molecule has 0 bridgehead atoms. The highest BCUT2D eigenvalue weighted by Crippen LogP contribution is 2.31. The molecule has 0 saturated carbocycles. The fraction of sp³-hybridized carbons (Fsp3) is 1.00. The van der Waals surface area contributed by atoms with Crippen LogP contribution in [0.15, 0.2) is 0 Å². The molecule has 5 atom stereocenters. The maximum atomic E-state index is 6.70. The molecule has 1 aliphatic heterocycles. The van der Waals surface area contributed by atoms with Crippen molar-refractivity contribution in [3.8, 4) is 0 Å².